The van der Waals surface area contributed by atoms with Crippen molar-refractivity contribution < 1.29 is 4.79 Å². The van der Waals surface area contributed by atoms with E-state index in [4.69, 9.17) is 0 Å². The van der Waals surface area contributed by atoms with Crippen LogP contribution in [0.3, 0.4) is 0 Å². The number of likely N-dealkylation sites (N-methyl/N-ethyl adjacent to an activating group) is 1. The zero-order valence-corrected chi connectivity index (χ0v) is 8.01. The number of hydrogen-bond acceptors (Lipinski definition) is 4. The minimum atomic E-state index is -0.0285. The number of hydrogen-bond donors (Lipinski definition) is 2. The van der Waals surface area contributed by atoms with Gasteiger partial charge in [0.1, 0.15) is 0 Å². The van der Waals surface area contributed by atoms with Gasteiger partial charge in [-0.3, -0.25) is 9.79 Å². The molecule has 4 nitrogen and oxygen atoms in total. The number of allylic oxidation sites excluding steroid dienone is 2. The van der Waals surface area contributed by atoms with E-state index in [-0.39, 0.29) is 5.78 Å². The molecule has 0 amide bonds. The maximum Gasteiger partial charge on any atom is 0.203 e. The van der Waals surface area contributed by atoms with Crippen LogP contribution in [0.5, 0.6) is 0 Å². The summed E-state index contributed by atoms with van der Waals surface area (Å²) in [5.41, 5.74) is 2.11. The summed E-state index contributed by atoms with van der Waals surface area (Å²) in [5.74, 6) is -0.0285. The summed E-state index contributed by atoms with van der Waals surface area (Å²) in [6.45, 7) is 0. The number of nitrogens with one attached hydrogen (secondary N) is 2. The standard InChI is InChI=1S/C9H13N3O/c1-10-6-4-8(12-3)9(13)5-7(6)11-2/h4-5,11-12H,1-3H3. The fraction of sp³-hybridized carbons (Fsp3) is 0.333. The Morgan fingerprint density at radius 3 is 2.23 bits per heavy atom. The Kier molecular flexibility index (Phi) is 2.84. The summed E-state index contributed by atoms with van der Waals surface area (Å²) in [4.78, 5) is 15.4. The van der Waals surface area contributed by atoms with Crippen LogP contribution in [-0.4, -0.2) is 32.6 Å². The molecule has 0 spiro atoms. The molecule has 0 aliphatic heterocycles. The number of carbonyl (C=O) groups is 1. The first-order valence-electron chi connectivity index (χ1n) is 4.03. The molecule has 0 heterocycles. The summed E-state index contributed by atoms with van der Waals surface area (Å²) in [6.07, 6.45) is 3.27. The van der Waals surface area contributed by atoms with E-state index >= 15 is 0 Å². The highest BCUT2D eigenvalue weighted by Gasteiger charge is 2.15. The lowest BCUT2D eigenvalue weighted by atomic mass is 10.1. The third kappa shape index (κ3) is 1.77. The monoisotopic (exact) mass is 179 g/mol. The number of nitrogens with zero attached hydrogens (tertiary/aromatic N) is 1. The van der Waals surface area contributed by atoms with Crippen LogP contribution >= 0.6 is 0 Å². The highest BCUT2D eigenvalue weighted by Crippen LogP contribution is 2.07. The first-order chi connectivity index (χ1) is 6.22. The van der Waals surface area contributed by atoms with E-state index in [2.05, 4.69) is 15.6 Å². The maximum absolute atomic E-state index is 11.4. The molecule has 70 valence electrons. The van der Waals surface area contributed by atoms with Gasteiger partial charge >= 0.3 is 0 Å². The predicted molar refractivity (Wildman–Crippen MR) is 52.7 cm³/mol. The van der Waals surface area contributed by atoms with Crippen LogP contribution in [0, 0.1) is 0 Å². The molecule has 1 aliphatic carbocycles. The molecule has 0 radical (unpaired) electrons. The first-order valence-corrected chi connectivity index (χ1v) is 4.03. The number of carbonyl (C=O) groups excluding carboxylic acids is 1. The summed E-state index contributed by atoms with van der Waals surface area (Å²) in [6, 6.07) is 0. The minimum absolute atomic E-state index is 0.0285. The van der Waals surface area contributed by atoms with Gasteiger partial charge in [-0.2, -0.15) is 0 Å². The van der Waals surface area contributed by atoms with Crippen LogP contribution in [-0.2, 0) is 4.79 Å². The summed E-state index contributed by atoms with van der Waals surface area (Å²) in [5, 5.41) is 5.74. The number of ketones is 1. The molecule has 0 saturated carbocycles. The van der Waals surface area contributed by atoms with Crippen molar-refractivity contribution in [2.45, 2.75) is 0 Å². The number of rotatable bonds is 2. The van der Waals surface area contributed by atoms with Gasteiger partial charge in [0.15, 0.2) is 0 Å². The molecule has 2 N–H and O–H groups in total. The lowest BCUT2D eigenvalue weighted by Gasteiger charge is -2.13. The van der Waals surface area contributed by atoms with E-state index in [1.54, 1.807) is 27.2 Å². The van der Waals surface area contributed by atoms with Crippen LogP contribution in [0.1, 0.15) is 0 Å². The SMILES string of the molecule is CN=C1C=C(NC)C(=O)C=C1NC. The van der Waals surface area contributed by atoms with E-state index in [9.17, 15) is 4.79 Å². The smallest absolute Gasteiger partial charge is 0.203 e. The third-order valence-corrected chi connectivity index (χ3v) is 1.88. The summed E-state index contributed by atoms with van der Waals surface area (Å²) in [7, 11) is 5.18. The predicted octanol–water partition coefficient (Wildman–Crippen LogP) is -0.154. The Bertz CT molecular complexity index is 313. The van der Waals surface area contributed by atoms with Gasteiger partial charge in [0, 0.05) is 27.2 Å². The van der Waals surface area contributed by atoms with E-state index < -0.39 is 0 Å². The van der Waals surface area contributed by atoms with Crippen molar-refractivity contribution in [3.8, 4) is 0 Å². The molecular weight excluding hydrogens is 166 g/mol. The van der Waals surface area contributed by atoms with Crippen LogP contribution < -0.4 is 10.6 Å². The van der Waals surface area contributed by atoms with Crippen LogP contribution in [0.15, 0.2) is 28.5 Å². The lowest BCUT2D eigenvalue weighted by Crippen LogP contribution is -2.26. The fourth-order valence-electron chi connectivity index (χ4n) is 1.15. The molecule has 0 aromatic rings. The van der Waals surface area contributed by atoms with Crippen molar-refractivity contribution in [3.05, 3.63) is 23.5 Å². The average molecular weight is 179 g/mol. The molecule has 0 aromatic heterocycles. The molecule has 1 rings (SSSR count). The van der Waals surface area contributed by atoms with Gasteiger partial charge < -0.3 is 10.6 Å². The number of aliphatic imine (C=N–C) groups is 1. The molecule has 13 heavy (non-hydrogen) atoms. The topological polar surface area (TPSA) is 53.5 Å². The third-order valence-electron chi connectivity index (χ3n) is 1.88. The Morgan fingerprint density at radius 2 is 1.77 bits per heavy atom. The zero-order chi connectivity index (χ0) is 9.84. The van der Waals surface area contributed by atoms with Gasteiger partial charge in [0.05, 0.1) is 17.1 Å². The van der Waals surface area contributed by atoms with Gasteiger partial charge in [-0.05, 0) is 6.08 Å². The molecule has 4 heteroatoms. The minimum Gasteiger partial charge on any atom is -0.386 e. The average Bonchev–Trinajstić information content (AvgIpc) is 2.17. The largest absolute Gasteiger partial charge is 0.386 e. The van der Waals surface area contributed by atoms with E-state index in [0.717, 1.165) is 11.4 Å². The molecule has 0 atom stereocenters. The Labute approximate surface area is 77.4 Å². The molecule has 1 aliphatic rings. The van der Waals surface area contributed by atoms with Gasteiger partial charge in [-0.15, -0.1) is 0 Å². The molecule has 0 unspecified atom stereocenters. The van der Waals surface area contributed by atoms with Gasteiger partial charge in [-0.1, -0.05) is 0 Å². The van der Waals surface area contributed by atoms with Crippen LogP contribution in [0.25, 0.3) is 0 Å². The summed E-state index contributed by atoms with van der Waals surface area (Å²) < 4.78 is 0. The quantitative estimate of drug-likeness (QED) is 0.579. The van der Waals surface area contributed by atoms with Crippen LogP contribution in [0.2, 0.25) is 0 Å². The second-order valence-corrected chi connectivity index (χ2v) is 2.59. The summed E-state index contributed by atoms with van der Waals surface area (Å²) >= 11 is 0. The Balaban J connectivity index is 3.04. The zero-order valence-electron chi connectivity index (χ0n) is 8.01. The van der Waals surface area contributed by atoms with Crippen LogP contribution in [0.4, 0.5) is 0 Å². The van der Waals surface area contributed by atoms with E-state index in [0.29, 0.717) is 5.70 Å². The van der Waals surface area contributed by atoms with E-state index in [1.165, 1.54) is 6.08 Å². The molecule has 0 fully saturated rings. The second-order valence-electron chi connectivity index (χ2n) is 2.59. The Hall–Kier alpha value is -1.58. The molecular formula is C9H13N3O. The highest BCUT2D eigenvalue weighted by molar-refractivity contribution is 6.21. The van der Waals surface area contributed by atoms with Crippen molar-refractivity contribution in [3.63, 3.8) is 0 Å². The van der Waals surface area contributed by atoms with Crippen molar-refractivity contribution in [1.82, 2.24) is 10.6 Å². The lowest BCUT2D eigenvalue weighted by molar-refractivity contribution is -0.111. The first kappa shape index (κ1) is 9.51. The van der Waals surface area contributed by atoms with Crippen molar-refractivity contribution >= 4 is 11.5 Å². The van der Waals surface area contributed by atoms with Crippen molar-refractivity contribution in [2.24, 2.45) is 4.99 Å². The van der Waals surface area contributed by atoms with Gasteiger partial charge in [0.2, 0.25) is 5.78 Å². The van der Waals surface area contributed by atoms with Crippen molar-refractivity contribution in [1.29, 1.82) is 0 Å². The highest BCUT2D eigenvalue weighted by atomic mass is 16.1. The molecule has 0 saturated heterocycles. The fourth-order valence-corrected chi connectivity index (χ4v) is 1.15. The second kappa shape index (κ2) is 3.89. The normalized spacial score (nSPS) is 19.6. The molecule has 0 bridgehead atoms. The van der Waals surface area contributed by atoms with Crippen molar-refractivity contribution in [2.75, 3.05) is 21.1 Å². The van der Waals surface area contributed by atoms with Gasteiger partial charge in [0.25, 0.3) is 0 Å². The van der Waals surface area contributed by atoms with E-state index in [1.807, 2.05) is 0 Å². The molecule has 0 aromatic carbocycles. The maximum atomic E-state index is 11.4. The Morgan fingerprint density at radius 1 is 1.15 bits per heavy atom. The van der Waals surface area contributed by atoms with Gasteiger partial charge in [-0.25, -0.2) is 0 Å².